The van der Waals surface area contributed by atoms with Gasteiger partial charge in [-0.15, -0.1) is 0 Å². The summed E-state index contributed by atoms with van der Waals surface area (Å²) in [6.45, 7) is 16.4. The molecule has 6 nitrogen and oxygen atoms in total. The number of methoxy groups -OCH3 is 1. The van der Waals surface area contributed by atoms with Gasteiger partial charge < -0.3 is 14.4 Å². The molecule has 0 saturated carbocycles. The Hall–Kier alpha value is -2.08. The number of nitrogens with zero attached hydrogens (tertiary/aromatic N) is 2. The minimum absolute atomic E-state index is 0.0114. The molecule has 2 aliphatic rings. The lowest BCUT2D eigenvalue weighted by Crippen LogP contribution is -2.50. The fourth-order valence-corrected chi connectivity index (χ4v) is 4.78. The van der Waals surface area contributed by atoms with Gasteiger partial charge in [-0.2, -0.15) is 0 Å². The summed E-state index contributed by atoms with van der Waals surface area (Å²) in [5.41, 5.74) is 4.81. The molecule has 2 aliphatic heterocycles. The summed E-state index contributed by atoms with van der Waals surface area (Å²) in [6.07, 6.45) is 0.630. The Morgan fingerprint density at radius 1 is 1.10 bits per heavy atom. The predicted molar refractivity (Wildman–Crippen MR) is 121 cm³/mol. The fraction of sp³-hybridized carbons (Fsp3) is 0.680. The molecule has 172 valence electrons. The van der Waals surface area contributed by atoms with Crippen molar-refractivity contribution in [2.75, 3.05) is 33.3 Å². The third kappa shape index (κ3) is 5.59. The van der Waals surface area contributed by atoms with E-state index in [9.17, 15) is 9.59 Å². The van der Waals surface area contributed by atoms with Crippen molar-refractivity contribution in [2.45, 2.75) is 66.0 Å². The second kappa shape index (κ2) is 9.19. The van der Waals surface area contributed by atoms with Crippen molar-refractivity contribution in [3.63, 3.8) is 0 Å². The number of esters is 1. The average molecular weight is 431 g/mol. The first-order valence-electron chi connectivity index (χ1n) is 11.4. The van der Waals surface area contributed by atoms with Crippen molar-refractivity contribution in [2.24, 2.45) is 11.8 Å². The van der Waals surface area contributed by atoms with Crippen LogP contribution in [0.25, 0.3) is 0 Å². The third-order valence-electron chi connectivity index (χ3n) is 6.60. The number of hydrogen-bond acceptors (Lipinski definition) is 5. The van der Waals surface area contributed by atoms with Gasteiger partial charge in [0.2, 0.25) is 0 Å². The molecule has 2 saturated heterocycles. The Bertz CT molecular complexity index is 800. The normalized spacial score (nSPS) is 22.7. The number of ether oxygens (including phenoxy) is 2. The average Bonchev–Trinajstić information content (AvgIpc) is 2.61. The number of aryl methyl sites for hydroxylation is 2. The zero-order valence-electron chi connectivity index (χ0n) is 20.2. The maximum absolute atomic E-state index is 12.2. The van der Waals surface area contributed by atoms with Crippen LogP contribution in [0.1, 0.15) is 62.3 Å². The molecule has 2 unspecified atom stereocenters. The molecule has 2 fully saturated rings. The molecular formula is C25H38N2O4. The van der Waals surface area contributed by atoms with Crippen LogP contribution in [0, 0.1) is 25.7 Å². The summed E-state index contributed by atoms with van der Waals surface area (Å²) >= 11 is 0. The quantitative estimate of drug-likeness (QED) is 0.668. The molecule has 0 spiro atoms. The molecule has 0 radical (unpaired) electrons. The van der Waals surface area contributed by atoms with Crippen LogP contribution in [0.15, 0.2) is 12.1 Å². The summed E-state index contributed by atoms with van der Waals surface area (Å²) in [6, 6.07) is 4.56. The molecule has 1 amide bonds. The van der Waals surface area contributed by atoms with Gasteiger partial charge >= 0.3 is 12.1 Å². The Balaban J connectivity index is 1.59. The van der Waals surface area contributed by atoms with Crippen molar-refractivity contribution in [3.8, 4) is 0 Å². The summed E-state index contributed by atoms with van der Waals surface area (Å²) in [5.74, 6) is 0.604. The number of hydrogen-bond donors (Lipinski definition) is 0. The van der Waals surface area contributed by atoms with E-state index in [-0.39, 0.29) is 18.0 Å². The smallest absolute Gasteiger partial charge is 0.410 e. The molecule has 0 aliphatic carbocycles. The first-order chi connectivity index (χ1) is 14.5. The van der Waals surface area contributed by atoms with Crippen molar-refractivity contribution in [3.05, 3.63) is 34.4 Å². The van der Waals surface area contributed by atoms with Crippen molar-refractivity contribution < 1.29 is 19.1 Å². The highest BCUT2D eigenvalue weighted by Gasteiger charge is 2.35. The Labute approximate surface area is 186 Å². The number of carbonyl (C=O) groups is 2. The largest absolute Gasteiger partial charge is 0.469 e. The lowest BCUT2D eigenvalue weighted by Gasteiger charge is -2.40. The molecule has 0 bridgehead atoms. The number of amides is 1. The highest BCUT2D eigenvalue weighted by Crippen LogP contribution is 2.32. The van der Waals surface area contributed by atoms with Crippen LogP contribution in [0.5, 0.6) is 0 Å². The van der Waals surface area contributed by atoms with Crippen LogP contribution < -0.4 is 0 Å². The van der Waals surface area contributed by atoms with Gasteiger partial charge in [-0.05, 0) is 75.8 Å². The molecule has 6 heteroatoms. The molecule has 2 heterocycles. The van der Waals surface area contributed by atoms with Gasteiger partial charge in [-0.3, -0.25) is 9.69 Å². The van der Waals surface area contributed by atoms with E-state index in [1.807, 2.05) is 20.8 Å². The van der Waals surface area contributed by atoms with E-state index in [2.05, 4.69) is 37.8 Å². The van der Waals surface area contributed by atoms with Crippen LogP contribution in [0.3, 0.4) is 0 Å². The van der Waals surface area contributed by atoms with E-state index in [0.717, 1.165) is 26.1 Å². The topological polar surface area (TPSA) is 59.1 Å². The van der Waals surface area contributed by atoms with E-state index in [4.69, 9.17) is 9.47 Å². The summed E-state index contributed by atoms with van der Waals surface area (Å²) in [7, 11) is 1.48. The zero-order valence-corrected chi connectivity index (χ0v) is 20.2. The maximum Gasteiger partial charge on any atom is 0.410 e. The Kier molecular flexibility index (Phi) is 6.99. The molecular weight excluding hydrogens is 392 g/mol. The number of piperidine rings is 1. The molecule has 1 aromatic rings. The first-order valence-corrected chi connectivity index (χ1v) is 11.4. The number of rotatable bonds is 4. The predicted octanol–water partition coefficient (Wildman–Crippen LogP) is 4.27. The maximum atomic E-state index is 12.2. The van der Waals surface area contributed by atoms with E-state index in [1.165, 1.54) is 29.4 Å². The number of carbonyl (C=O) groups excluding carboxylic acids is 2. The Morgan fingerprint density at radius 3 is 2.23 bits per heavy atom. The summed E-state index contributed by atoms with van der Waals surface area (Å²) < 4.78 is 10.4. The Morgan fingerprint density at radius 2 is 1.71 bits per heavy atom. The van der Waals surface area contributed by atoms with E-state index >= 15 is 0 Å². The highest BCUT2D eigenvalue weighted by atomic mass is 16.6. The van der Waals surface area contributed by atoms with Gasteiger partial charge in [0.1, 0.15) is 5.60 Å². The minimum atomic E-state index is -0.459. The molecule has 2 atom stereocenters. The zero-order chi connectivity index (χ0) is 22.9. The standard InChI is InChI=1S/C25H38N2O4/c1-16-10-19(20-13-27(14-20)24(29)31-25(4,5)6)11-17(2)22(16)15-26-9-8-21(18(3)12-26)23(28)30-7/h10-11,18,20-21H,8-9,12-15H2,1-7H3. The minimum Gasteiger partial charge on any atom is -0.469 e. The van der Waals surface area contributed by atoms with Gasteiger partial charge in [0, 0.05) is 32.1 Å². The van der Waals surface area contributed by atoms with Gasteiger partial charge in [-0.25, -0.2) is 4.79 Å². The van der Waals surface area contributed by atoms with Crippen LogP contribution in [-0.2, 0) is 20.8 Å². The first kappa shape index (κ1) is 23.6. The second-order valence-corrected chi connectivity index (χ2v) is 10.3. The van der Waals surface area contributed by atoms with Crippen molar-refractivity contribution in [1.82, 2.24) is 9.80 Å². The highest BCUT2D eigenvalue weighted by molar-refractivity contribution is 5.72. The van der Waals surface area contributed by atoms with Gasteiger partial charge in [0.25, 0.3) is 0 Å². The van der Waals surface area contributed by atoms with E-state index in [0.29, 0.717) is 24.9 Å². The van der Waals surface area contributed by atoms with E-state index in [1.54, 1.807) is 4.90 Å². The lowest BCUT2D eigenvalue weighted by atomic mass is 9.85. The van der Waals surface area contributed by atoms with Gasteiger partial charge in [0.05, 0.1) is 13.0 Å². The molecule has 0 N–H and O–H groups in total. The fourth-order valence-electron chi connectivity index (χ4n) is 4.78. The summed E-state index contributed by atoms with van der Waals surface area (Å²) in [5, 5.41) is 0. The van der Waals surface area contributed by atoms with Crippen LogP contribution in [-0.4, -0.2) is 60.8 Å². The van der Waals surface area contributed by atoms with Crippen LogP contribution in [0.4, 0.5) is 4.79 Å². The molecule has 0 aromatic heterocycles. The molecule has 31 heavy (non-hydrogen) atoms. The van der Waals surface area contributed by atoms with Crippen LogP contribution in [0.2, 0.25) is 0 Å². The molecule has 1 aromatic carbocycles. The van der Waals surface area contributed by atoms with Gasteiger partial charge in [0.15, 0.2) is 0 Å². The van der Waals surface area contributed by atoms with Gasteiger partial charge in [-0.1, -0.05) is 19.1 Å². The monoisotopic (exact) mass is 430 g/mol. The number of likely N-dealkylation sites (tertiary alicyclic amines) is 2. The third-order valence-corrected chi connectivity index (χ3v) is 6.60. The van der Waals surface area contributed by atoms with E-state index < -0.39 is 5.60 Å². The van der Waals surface area contributed by atoms with Crippen molar-refractivity contribution >= 4 is 12.1 Å². The molecule has 3 rings (SSSR count). The van der Waals surface area contributed by atoms with Crippen molar-refractivity contribution in [1.29, 1.82) is 0 Å². The second-order valence-electron chi connectivity index (χ2n) is 10.3. The lowest BCUT2D eigenvalue weighted by molar-refractivity contribution is -0.149. The number of benzene rings is 1. The summed E-state index contributed by atoms with van der Waals surface area (Å²) in [4.78, 5) is 28.4. The SMILES string of the molecule is COC(=O)C1CCN(Cc2c(C)cc(C3CN(C(=O)OC(C)(C)C)C3)cc2C)CC1C. The van der Waals surface area contributed by atoms with Crippen LogP contribution >= 0.6 is 0 Å².